The number of nitro groups is 1. The number of nitrogens with one attached hydrogen (secondary N) is 3. The van der Waals surface area contributed by atoms with Crippen LogP contribution in [0, 0.1) is 10.1 Å². The minimum atomic E-state index is -1.09. The Balaban J connectivity index is 2.35. The molecule has 1 aromatic heterocycles. The topological polar surface area (TPSA) is 109 Å². The van der Waals surface area contributed by atoms with Crippen molar-refractivity contribution in [1.29, 1.82) is 0 Å². The Morgan fingerprint density at radius 2 is 2.14 bits per heavy atom. The van der Waals surface area contributed by atoms with E-state index in [1.807, 2.05) is 19.2 Å². The van der Waals surface area contributed by atoms with Crippen molar-refractivity contribution in [3.8, 4) is 0 Å². The van der Waals surface area contributed by atoms with Gasteiger partial charge in [0.25, 0.3) is 6.20 Å². The second-order valence-electron chi connectivity index (χ2n) is 4.19. The monoisotopic (exact) mass is 316 g/mol. The molecule has 0 saturated carbocycles. The summed E-state index contributed by atoms with van der Waals surface area (Å²) in [6.07, 6.45) is 0.833. The van der Waals surface area contributed by atoms with Crippen LogP contribution in [0.1, 0.15) is 11.5 Å². The van der Waals surface area contributed by atoms with Gasteiger partial charge >= 0.3 is 0 Å². The molecule has 0 fully saturated rings. The van der Waals surface area contributed by atoms with E-state index in [2.05, 4.69) is 16.0 Å². The lowest BCUT2D eigenvalue weighted by molar-refractivity contribution is -0.404. The van der Waals surface area contributed by atoms with Crippen LogP contribution in [-0.4, -0.2) is 35.5 Å². The highest BCUT2D eigenvalue weighted by Gasteiger charge is 2.07. The van der Waals surface area contributed by atoms with Gasteiger partial charge in [-0.1, -0.05) is 0 Å². The van der Waals surface area contributed by atoms with Gasteiger partial charge in [-0.25, -0.2) is 0 Å². The van der Waals surface area contributed by atoms with Crippen LogP contribution in [0.15, 0.2) is 28.6 Å². The highest BCUT2D eigenvalue weighted by molar-refractivity contribution is 7.84. The summed E-state index contributed by atoms with van der Waals surface area (Å²) >= 11 is 0. The number of hydrogen-bond acceptors (Lipinski definition) is 7. The van der Waals surface area contributed by atoms with Crippen molar-refractivity contribution in [3.63, 3.8) is 0 Å². The number of rotatable bonds is 10. The SMILES string of the molecule is CNCc1ccc(CS(=O)CCNC(=C[N+](=O)[O-])NC)o1. The summed E-state index contributed by atoms with van der Waals surface area (Å²) in [7, 11) is 2.30. The maximum Gasteiger partial charge on any atom is 0.274 e. The summed E-state index contributed by atoms with van der Waals surface area (Å²) in [6, 6.07) is 3.66. The van der Waals surface area contributed by atoms with Gasteiger partial charge in [-0.2, -0.15) is 0 Å². The zero-order chi connectivity index (χ0) is 15.7. The van der Waals surface area contributed by atoms with Gasteiger partial charge < -0.3 is 20.4 Å². The van der Waals surface area contributed by atoms with Gasteiger partial charge in [0.1, 0.15) is 11.5 Å². The predicted molar refractivity (Wildman–Crippen MR) is 80.3 cm³/mol. The normalized spacial score (nSPS) is 13.0. The fourth-order valence-electron chi connectivity index (χ4n) is 1.60. The molecule has 0 aromatic carbocycles. The van der Waals surface area contributed by atoms with E-state index in [4.69, 9.17) is 4.42 Å². The molecule has 1 heterocycles. The molecule has 21 heavy (non-hydrogen) atoms. The fourth-order valence-corrected chi connectivity index (χ4v) is 2.55. The summed E-state index contributed by atoms with van der Waals surface area (Å²) in [5.74, 6) is 2.46. The van der Waals surface area contributed by atoms with E-state index in [-0.39, 0.29) is 5.82 Å². The zero-order valence-corrected chi connectivity index (χ0v) is 12.9. The molecule has 0 amide bonds. The maximum absolute atomic E-state index is 11.9. The Morgan fingerprint density at radius 1 is 1.43 bits per heavy atom. The zero-order valence-electron chi connectivity index (χ0n) is 12.0. The van der Waals surface area contributed by atoms with Crippen molar-refractivity contribution < 1.29 is 13.5 Å². The lowest BCUT2D eigenvalue weighted by atomic mass is 10.4. The van der Waals surface area contributed by atoms with Crippen LogP contribution in [0.3, 0.4) is 0 Å². The molecule has 118 valence electrons. The van der Waals surface area contributed by atoms with E-state index in [1.54, 1.807) is 7.05 Å². The Morgan fingerprint density at radius 3 is 2.76 bits per heavy atom. The largest absolute Gasteiger partial charge is 0.464 e. The first-order valence-electron chi connectivity index (χ1n) is 6.39. The first kappa shape index (κ1) is 17.2. The summed E-state index contributed by atoms with van der Waals surface area (Å²) in [4.78, 5) is 9.78. The number of hydrogen-bond donors (Lipinski definition) is 3. The fraction of sp³-hybridized carbons (Fsp3) is 0.500. The lowest BCUT2D eigenvalue weighted by Gasteiger charge is -2.07. The van der Waals surface area contributed by atoms with E-state index >= 15 is 0 Å². The van der Waals surface area contributed by atoms with Crippen LogP contribution in [-0.2, 0) is 23.1 Å². The Labute approximate surface area is 125 Å². The third kappa shape index (κ3) is 6.91. The second kappa shape index (κ2) is 9.14. The van der Waals surface area contributed by atoms with Crippen molar-refractivity contribution in [3.05, 3.63) is 45.8 Å². The van der Waals surface area contributed by atoms with Crippen LogP contribution >= 0.6 is 0 Å². The van der Waals surface area contributed by atoms with E-state index in [1.165, 1.54) is 0 Å². The predicted octanol–water partition coefficient (Wildman–Crippen LogP) is 0.132. The Kier molecular flexibility index (Phi) is 7.48. The minimum Gasteiger partial charge on any atom is -0.464 e. The molecule has 1 aromatic rings. The minimum absolute atomic E-state index is 0.284. The van der Waals surface area contributed by atoms with Crippen LogP contribution in [0.25, 0.3) is 0 Å². The van der Waals surface area contributed by atoms with Crippen molar-refractivity contribution in [2.45, 2.75) is 12.3 Å². The second-order valence-corrected chi connectivity index (χ2v) is 5.77. The smallest absolute Gasteiger partial charge is 0.274 e. The summed E-state index contributed by atoms with van der Waals surface area (Å²) in [6.45, 7) is 1.00. The van der Waals surface area contributed by atoms with Gasteiger partial charge in [0, 0.05) is 30.1 Å². The third-order valence-corrected chi connectivity index (χ3v) is 3.79. The van der Waals surface area contributed by atoms with E-state index < -0.39 is 15.7 Å². The molecule has 0 aliphatic carbocycles. The Bertz CT molecular complexity index is 515. The van der Waals surface area contributed by atoms with Crippen molar-refractivity contribution in [2.75, 3.05) is 26.4 Å². The van der Waals surface area contributed by atoms with Crippen LogP contribution in [0.2, 0.25) is 0 Å². The van der Waals surface area contributed by atoms with Crippen molar-refractivity contribution >= 4 is 10.8 Å². The molecule has 0 bridgehead atoms. The first-order chi connectivity index (χ1) is 10.0. The van der Waals surface area contributed by atoms with Gasteiger partial charge in [-0.3, -0.25) is 14.3 Å². The molecule has 3 N–H and O–H groups in total. The molecule has 0 radical (unpaired) electrons. The highest BCUT2D eigenvalue weighted by Crippen LogP contribution is 2.09. The molecular weight excluding hydrogens is 296 g/mol. The molecular formula is C12H20N4O4S. The quantitative estimate of drug-likeness (QED) is 0.416. The van der Waals surface area contributed by atoms with Crippen molar-refractivity contribution in [2.24, 2.45) is 0 Å². The molecule has 0 aliphatic rings. The summed E-state index contributed by atoms with van der Waals surface area (Å²) in [5.41, 5.74) is 0. The molecule has 0 aliphatic heterocycles. The van der Waals surface area contributed by atoms with E-state index in [9.17, 15) is 14.3 Å². The standard InChI is InChI=1S/C12H20N4O4S/c1-13-7-10-3-4-11(20-10)9-21(19)6-5-15-12(14-2)8-16(17)18/h3-4,8,13-15H,5-7,9H2,1-2H3. The van der Waals surface area contributed by atoms with Gasteiger partial charge in [-0.15, -0.1) is 0 Å². The van der Waals surface area contributed by atoms with E-state index in [0.29, 0.717) is 30.4 Å². The van der Waals surface area contributed by atoms with Crippen LogP contribution < -0.4 is 16.0 Å². The molecule has 0 spiro atoms. The highest BCUT2D eigenvalue weighted by atomic mass is 32.2. The van der Waals surface area contributed by atoms with E-state index in [0.717, 1.165) is 12.0 Å². The molecule has 8 nitrogen and oxygen atoms in total. The molecule has 1 atom stereocenters. The average molecular weight is 316 g/mol. The average Bonchev–Trinajstić information content (AvgIpc) is 2.84. The molecule has 1 unspecified atom stereocenters. The number of nitrogens with zero attached hydrogens (tertiary/aromatic N) is 1. The third-order valence-electron chi connectivity index (χ3n) is 2.52. The van der Waals surface area contributed by atoms with Gasteiger partial charge in [0.05, 0.1) is 17.2 Å². The molecule has 1 rings (SSSR count). The number of furan rings is 1. The Hall–Kier alpha value is -1.87. The van der Waals surface area contributed by atoms with Gasteiger partial charge in [0.15, 0.2) is 5.82 Å². The van der Waals surface area contributed by atoms with Crippen molar-refractivity contribution in [1.82, 2.24) is 16.0 Å². The van der Waals surface area contributed by atoms with Crippen LogP contribution in [0.4, 0.5) is 0 Å². The summed E-state index contributed by atoms with van der Waals surface area (Å²) < 4.78 is 17.4. The van der Waals surface area contributed by atoms with Gasteiger partial charge in [-0.05, 0) is 19.2 Å². The first-order valence-corrected chi connectivity index (χ1v) is 7.88. The maximum atomic E-state index is 11.9. The van der Waals surface area contributed by atoms with Crippen LogP contribution in [0.5, 0.6) is 0 Å². The lowest BCUT2D eigenvalue weighted by Crippen LogP contribution is -2.28. The summed E-state index contributed by atoms with van der Waals surface area (Å²) in [5, 5.41) is 18.8. The molecule has 0 saturated heterocycles. The molecule has 9 heteroatoms. The van der Waals surface area contributed by atoms with Gasteiger partial charge in [0.2, 0.25) is 0 Å².